The third-order valence-corrected chi connectivity index (χ3v) is 2.76. The lowest BCUT2D eigenvalue weighted by Crippen LogP contribution is -2.53. The van der Waals surface area contributed by atoms with Crippen LogP contribution in [0.5, 0.6) is 0 Å². The number of benzene rings is 1. The molecule has 2 rings (SSSR count). The van der Waals surface area contributed by atoms with Crippen LogP contribution in [0, 0.1) is 0 Å². The molecule has 5 heteroatoms. The van der Waals surface area contributed by atoms with E-state index in [1.807, 2.05) is 30.3 Å². The highest BCUT2D eigenvalue weighted by Crippen LogP contribution is 2.13. The minimum absolute atomic E-state index is 0.280. The Kier molecular flexibility index (Phi) is 3.95. The number of aliphatic imine (C=N–C) groups is 1. The summed E-state index contributed by atoms with van der Waals surface area (Å²) >= 11 is 0. The van der Waals surface area contributed by atoms with Crippen molar-refractivity contribution in [1.29, 1.82) is 0 Å². The Morgan fingerprint density at radius 2 is 2.24 bits per heavy atom. The number of hydrogen-bond donors (Lipinski definition) is 2. The van der Waals surface area contributed by atoms with E-state index in [2.05, 4.69) is 22.2 Å². The van der Waals surface area contributed by atoms with E-state index >= 15 is 0 Å². The predicted octanol–water partition coefficient (Wildman–Crippen LogP) is 0.858. The van der Waals surface area contributed by atoms with Crippen molar-refractivity contribution in [1.82, 2.24) is 10.3 Å². The summed E-state index contributed by atoms with van der Waals surface area (Å²) in [6, 6.07) is 10.0. The number of morpholine rings is 1. The zero-order chi connectivity index (χ0) is 12.1. The molecular formula is C12H18N4O. The molecule has 1 fully saturated rings. The summed E-state index contributed by atoms with van der Waals surface area (Å²) in [5, 5.41) is 0. The number of rotatable bonds is 1. The predicted molar refractivity (Wildman–Crippen MR) is 67.8 cm³/mol. The highest BCUT2D eigenvalue weighted by Gasteiger charge is 2.21. The van der Waals surface area contributed by atoms with Gasteiger partial charge in [0.05, 0.1) is 24.9 Å². The Hall–Kier alpha value is -1.59. The standard InChI is InChI=1S/C12H18N4O/c1-10-9-17-8-7-16(10)12(15-13)14-11-5-3-2-4-6-11/h2-6,10H,7-9,13H2,1H3,(H,14,15). The van der Waals surface area contributed by atoms with Crippen molar-refractivity contribution in [2.24, 2.45) is 10.8 Å². The van der Waals surface area contributed by atoms with Crippen LogP contribution in [-0.4, -0.2) is 36.7 Å². The molecule has 1 unspecified atom stereocenters. The molecule has 1 aliphatic heterocycles. The van der Waals surface area contributed by atoms with Crippen LogP contribution in [0.3, 0.4) is 0 Å². The Morgan fingerprint density at radius 3 is 2.88 bits per heavy atom. The van der Waals surface area contributed by atoms with Gasteiger partial charge in [-0.05, 0) is 19.1 Å². The summed E-state index contributed by atoms with van der Waals surface area (Å²) in [5.74, 6) is 6.24. The van der Waals surface area contributed by atoms with Crippen molar-refractivity contribution in [3.8, 4) is 0 Å². The Balaban J connectivity index is 2.17. The fourth-order valence-corrected chi connectivity index (χ4v) is 1.85. The zero-order valence-electron chi connectivity index (χ0n) is 9.97. The van der Waals surface area contributed by atoms with Crippen molar-refractivity contribution >= 4 is 11.6 Å². The molecule has 1 aromatic carbocycles. The number of nitrogens with one attached hydrogen (secondary N) is 1. The molecule has 1 aromatic rings. The number of hydrogen-bond acceptors (Lipinski definition) is 3. The van der Waals surface area contributed by atoms with Gasteiger partial charge in [-0.1, -0.05) is 18.2 Å². The third-order valence-electron chi connectivity index (χ3n) is 2.76. The molecule has 1 atom stereocenters. The lowest BCUT2D eigenvalue weighted by Gasteiger charge is -2.35. The van der Waals surface area contributed by atoms with Crippen molar-refractivity contribution in [3.05, 3.63) is 30.3 Å². The largest absolute Gasteiger partial charge is 0.377 e. The molecular weight excluding hydrogens is 216 g/mol. The van der Waals surface area contributed by atoms with Crippen LogP contribution in [0.2, 0.25) is 0 Å². The molecule has 0 amide bonds. The monoisotopic (exact) mass is 234 g/mol. The van der Waals surface area contributed by atoms with Gasteiger partial charge in [-0.25, -0.2) is 10.8 Å². The highest BCUT2D eigenvalue weighted by atomic mass is 16.5. The van der Waals surface area contributed by atoms with Crippen LogP contribution >= 0.6 is 0 Å². The third kappa shape index (κ3) is 2.95. The van der Waals surface area contributed by atoms with Gasteiger partial charge in [-0.15, -0.1) is 0 Å². The molecule has 0 radical (unpaired) electrons. The Labute approximate surface area is 101 Å². The first-order chi connectivity index (χ1) is 8.31. The van der Waals surface area contributed by atoms with Crippen molar-refractivity contribution in [3.63, 3.8) is 0 Å². The number of para-hydroxylation sites is 1. The Morgan fingerprint density at radius 1 is 1.47 bits per heavy atom. The maximum absolute atomic E-state index is 5.55. The number of nitrogens with zero attached hydrogens (tertiary/aromatic N) is 2. The first kappa shape index (κ1) is 11.9. The van der Waals surface area contributed by atoms with Gasteiger partial charge < -0.3 is 9.64 Å². The fourth-order valence-electron chi connectivity index (χ4n) is 1.85. The van der Waals surface area contributed by atoms with E-state index in [1.165, 1.54) is 0 Å². The second kappa shape index (κ2) is 5.65. The molecule has 0 saturated carbocycles. The summed E-state index contributed by atoms with van der Waals surface area (Å²) in [7, 11) is 0. The first-order valence-electron chi connectivity index (χ1n) is 5.76. The zero-order valence-corrected chi connectivity index (χ0v) is 9.97. The van der Waals surface area contributed by atoms with E-state index in [1.54, 1.807) is 0 Å². The smallest absolute Gasteiger partial charge is 0.214 e. The average Bonchev–Trinajstić information content (AvgIpc) is 2.38. The van der Waals surface area contributed by atoms with E-state index < -0.39 is 0 Å². The minimum Gasteiger partial charge on any atom is -0.377 e. The number of nitrogens with two attached hydrogens (primary N) is 1. The number of ether oxygens (including phenoxy) is 1. The summed E-state index contributed by atoms with van der Waals surface area (Å²) in [5.41, 5.74) is 3.56. The molecule has 92 valence electrons. The van der Waals surface area contributed by atoms with E-state index in [0.29, 0.717) is 19.2 Å². The molecule has 17 heavy (non-hydrogen) atoms. The van der Waals surface area contributed by atoms with Gasteiger partial charge >= 0.3 is 0 Å². The Bertz CT molecular complexity index is 379. The molecule has 3 N–H and O–H groups in total. The van der Waals surface area contributed by atoms with E-state index in [4.69, 9.17) is 10.6 Å². The molecule has 1 aliphatic rings. The van der Waals surface area contributed by atoms with E-state index in [9.17, 15) is 0 Å². The van der Waals surface area contributed by atoms with E-state index in [0.717, 1.165) is 12.2 Å². The van der Waals surface area contributed by atoms with Crippen LogP contribution in [0.1, 0.15) is 6.92 Å². The van der Waals surface area contributed by atoms with Gasteiger partial charge in [0.15, 0.2) is 0 Å². The maximum atomic E-state index is 5.55. The minimum atomic E-state index is 0.280. The van der Waals surface area contributed by atoms with Crippen molar-refractivity contribution in [2.45, 2.75) is 13.0 Å². The van der Waals surface area contributed by atoms with Crippen LogP contribution < -0.4 is 11.3 Å². The lowest BCUT2D eigenvalue weighted by atomic mass is 10.3. The maximum Gasteiger partial charge on any atom is 0.214 e. The molecule has 0 aromatic heterocycles. The van der Waals surface area contributed by atoms with Gasteiger partial charge in [-0.2, -0.15) is 0 Å². The van der Waals surface area contributed by atoms with Crippen LogP contribution in [-0.2, 0) is 4.74 Å². The highest BCUT2D eigenvalue weighted by molar-refractivity contribution is 5.82. The van der Waals surface area contributed by atoms with Crippen LogP contribution in [0.15, 0.2) is 35.3 Å². The van der Waals surface area contributed by atoms with Crippen LogP contribution in [0.4, 0.5) is 5.69 Å². The molecule has 5 nitrogen and oxygen atoms in total. The fraction of sp³-hybridized carbons (Fsp3) is 0.417. The SMILES string of the molecule is CC1COCCN1C(=Nc1ccccc1)NN. The average molecular weight is 234 g/mol. The summed E-state index contributed by atoms with van der Waals surface area (Å²) in [6.45, 7) is 4.31. The molecule has 0 spiro atoms. The topological polar surface area (TPSA) is 62.9 Å². The number of hydrazine groups is 1. The normalized spacial score (nSPS) is 21.4. The molecule has 0 aliphatic carbocycles. The number of guanidine groups is 1. The van der Waals surface area contributed by atoms with Gasteiger partial charge in [-0.3, -0.25) is 5.43 Å². The second-order valence-electron chi connectivity index (χ2n) is 4.03. The van der Waals surface area contributed by atoms with Gasteiger partial charge in [0.25, 0.3) is 0 Å². The lowest BCUT2D eigenvalue weighted by molar-refractivity contribution is 0.0316. The van der Waals surface area contributed by atoms with Gasteiger partial charge in [0.1, 0.15) is 0 Å². The quantitative estimate of drug-likeness (QED) is 0.327. The second-order valence-corrected chi connectivity index (χ2v) is 4.03. The summed E-state index contributed by atoms with van der Waals surface area (Å²) < 4.78 is 5.39. The summed E-state index contributed by atoms with van der Waals surface area (Å²) in [4.78, 5) is 6.62. The first-order valence-corrected chi connectivity index (χ1v) is 5.76. The van der Waals surface area contributed by atoms with Crippen LogP contribution in [0.25, 0.3) is 0 Å². The molecule has 0 bridgehead atoms. The molecule has 1 heterocycles. The van der Waals surface area contributed by atoms with Gasteiger partial charge in [0.2, 0.25) is 5.96 Å². The van der Waals surface area contributed by atoms with E-state index in [-0.39, 0.29) is 6.04 Å². The van der Waals surface area contributed by atoms with Gasteiger partial charge in [0, 0.05) is 6.54 Å². The van der Waals surface area contributed by atoms with Crippen molar-refractivity contribution < 1.29 is 4.74 Å². The van der Waals surface area contributed by atoms with Crippen molar-refractivity contribution in [2.75, 3.05) is 19.8 Å². The molecule has 1 saturated heterocycles. The summed E-state index contributed by atoms with van der Waals surface area (Å²) in [6.07, 6.45) is 0.